The van der Waals surface area contributed by atoms with E-state index in [9.17, 15) is 9.90 Å². The standard InChI is InChI=1S/C22H21NO3/c1-16-7-10-18(11-8-16)22(25)19-6-4-14-23(19)13-3-5-17-9-12-21(26-2)20(24)15-17/h3-12,14-15,24H,13H2,1-2H3. The van der Waals surface area contributed by atoms with Gasteiger partial charge in [0.05, 0.1) is 12.8 Å². The number of allylic oxidation sites excluding steroid dienone is 1. The fourth-order valence-corrected chi connectivity index (χ4v) is 2.75. The quantitative estimate of drug-likeness (QED) is 0.670. The van der Waals surface area contributed by atoms with E-state index in [1.807, 2.05) is 72.3 Å². The number of rotatable bonds is 6. The first-order valence-electron chi connectivity index (χ1n) is 8.38. The molecule has 2 aromatic carbocycles. The predicted molar refractivity (Wildman–Crippen MR) is 103 cm³/mol. The van der Waals surface area contributed by atoms with Gasteiger partial charge in [0.25, 0.3) is 0 Å². The van der Waals surface area contributed by atoms with Gasteiger partial charge in [0, 0.05) is 18.3 Å². The van der Waals surface area contributed by atoms with Crippen LogP contribution in [0.15, 0.2) is 66.9 Å². The molecule has 3 rings (SSSR count). The summed E-state index contributed by atoms with van der Waals surface area (Å²) < 4.78 is 6.94. The van der Waals surface area contributed by atoms with Crippen LogP contribution in [-0.4, -0.2) is 22.6 Å². The van der Waals surface area contributed by atoms with Crippen LogP contribution in [0.5, 0.6) is 11.5 Å². The number of ketones is 1. The fourth-order valence-electron chi connectivity index (χ4n) is 2.75. The molecule has 0 spiro atoms. The van der Waals surface area contributed by atoms with Crippen LogP contribution < -0.4 is 4.74 Å². The summed E-state index contributed by atoms with van der Waals surface area (Å²) in [5, 5.41) is 9.83. The van der Waals surface area contributed by atoms with Gasteiger partial charge in [0.2, 0.25) is 5.78 Å². The van der Waals surface area contributed by atoms with Crippen LogP contribution in [0, 0.1) is 6.92 Å². The average Bonchev–Trinajstić information content (AvgIpc) is 3.10. The van der Waals surface area contributed by atoms with Crippen molar-refractivity contribution in [3.8, 4) is 11.5 Å². The highest BCUT2D eigenvalue weighted by molar-refractivity contribution is 6.08. The number of hydrogen-bond donors (Lipinski definition) is 1. The number of carbonyl (C=O) groups excluding carboxylic acids is 1. The minimum Gasteiger partial charge on any atom is -0.504 e. The molecule has 0 fully saturated rings. The van der Waals surface area contributed by atoms with Crippen molar-refractivity contribution < 1.29 is 14.6 Å². The SMILES string of the molecule is COc1ccc(C=CCn2cccc2C(=O)c2ccc(C)cc2)cc1O. The molecule has 0 saturated heterocycles. The Morgan fingerprint density at radius 2 is 1.92 bits per heavy atom. The van der Waals surface area contributed by atoms with Crippen LogP contribution in [0.1, 0.15) is 27.2 Å². The molecule has 0 aliphatic rings. The van der Waals surface area contributed by atoms with Gasteiger partial charge >= 0.3 is 0 Å². The van der Waals surface area contributed by atoms with Gasteiger partial charge < -0.3 is 14.4 Å². The van der Waals surface area contributed by atoms with Crippen LogP contribution >= 0.6 is 0 Å². The number of nitrogens with zero attached hydrogens (tertiary/aromatic N) is 1. The number of ether oxygens (including phenoxy) is 1. The zero-order chi connectivity index (χ0) is 18.5. The normalized spacial score (nSPS) is 11.0. The molecule has 3 aromatic rings. The maximum absolute atomic E-state index is 12.7. The van der Waals surface area contributed by atoms with Gasteiger partial charge in [-0.2, -0.15) is 0 Å². The number of phenols is 1. The molecular weight excluding hydrogens is 326 g/mol. The van der Waals surface area contributed by atoms with Crippen LogP contribution in [0.4, 0.5) is 0 Å². The highest BCUT2D eigenvalue weighted by Crippen LogP contribution is 2.26. The summed E-state index contributed by atoms with van der Waals surface area (Å²) in [6, 6.07) is 16.5. The van der Waals surface area contributed by atoms with Crippen molar-refractivity contribution in [2.45, 2.75) is 13.5 Å². The molecule has 26 heavy (non-hydrogen) atoms. The van der Waals surface area contributed by atoms with Gasteiger partial charge in [0.1, 0.15) is 0 Å². The van der Waals surface area contributed by atoms with Crippen molar-refractivity contribution in [2.24, 2.45) is 0 Å². The van der Waals surface area contributed by atoms with E-state index in [-0.39, 0.29) is 11.5 Å². The van der Waals surface area contributed by atoms with Crippen molar-refractivity contribution in [3.05, 3.63) is 89.3 Å². The second-order valence-electron chi connectivity index (χ2n) is 6.07. The number of aromatic nitrogens is 1. The van der Waals surface area contributed by atoms with Gasteiger partial charge in [-0.25, -0.2) is 0 Å². The molecule has 1 heterocycles. The van der Waals surface area contributed by atoms with Gasteiger partial charge in [0.15, 0.2) is 11.5 Å². The van der Waals surface area contributed by atoms with Crippen molar-refractivity contribution in [1.29, 1.82) is 0 Å². The summed E-state index contributed by atoms with van der Waals surface area (Å²) in [4.78, 5) is 12.7. The molecule has 0 aliphatic carbocycles. The van der Waals surface area contributed by atoms with Crippen molar-refractivity contribution in [2.75, 3.05) is 7.11 Å². The van der Waals surface area contributed by atoms with E-state index in [4.69, 9.17) is 4.74 Å². The highest BCUT2D eigenvalue weighted by atomic mass is 16.5. The highest BCUT2D eigenvalue weighted by Gasteiger charge is 2.12. The number of aryl methyl sites for hydroxylation is 1. The monoisotopic (exact) mass is 347 g/mol. The molecule has 132 valence electrons. The molecule has 0 amide bonds. The Labute approximate surface area is 153 Å². The minimum atomic E-state index is 0.00509. The molecule has 1 N–H and O–H groups in total. The second-order valence-corrected chi connectivity index (χ2v) is 6.07. The van der Waals surface area contributed by atoms with E-state index < -0.39 is 0 Å². The van der Waals surface area contributed by atoms with Crippen molar-refractivity contribution in [1.82, 2.24) is 4.57 Å². The number of carbonyl (C=O) groups is 1. The summed E-state index contributed by atoms with van der Waals surface area (Å²) in [7, 11) is 1.52. The predicted octanol–water partition coefficient (Wildman–Crippen LogP) is 4.46. The zero-order valence-electron chi connectivity index (χ0n) is 14.8. The first-order valence-corrected chi connectivity index (χ1v) is 8.38. The van der Waals surface area contributed by atoms with Crippen molar-refractivity contribution in [3.63, 3.8) is 0 Å². The lowest BCUT2D eigenvalue weighted by Crippen LogP contribution is -2.09. The Bertz CT molecular complexity index is 936. The number of methoxy groups -OCH3 is 1. The van der Waals surface area contributed by atoms with E-state index in [1.54, 1.807) is 12.1 Å². The minimum absolute atomic E-state index is 0.00509. The topological polar surface area (TPSA) is 51.5 Å². The lowest BCUT2D eigenvalue weighted by atomic mass is 10.1. The summed E-state index contributed by atoms with van der Waals surface area (Å²) in [6.07, 6.45) is 5.74. The Balaban J connectivity index is 1.74. The Kier molecular flexibility index (Phi) is 5.23. The van der Waals surface area contributed by atoms with Crippen LogP contribution in [0.25, 0.3) is 6.08 Å². The molecule has 0 atom stereocenters. The van der Waals surface area contributed by atoms with E-state index in [1.165, 1.54) is 7.11 Å². The zero-order valence-corrected chi connectivity index (χ0v) is 14.8. The fraction of sp³-hybridized carbons (Fsp3) is 0.136. The Morgan fingerprint density at radius 3 is 2.62 bits per heavy atom. The molecule has 0 aliphatic heterocycles. The number of hydrogen-bond acceptors (Lipinski definition) is 3. The van der Waals surface area contributed by atoms with Gasteiger partial charge in [-0.3, -0.25) is 4.79 Å². The third-order valence-corrected chi connectivity index (χ3v) is 4.19. The van der Waals surface area contributed by atoms with E-state index in [0.29, 0.717) is 23.6 Å². The van der Waals surface area contributed by atoms with E-state index in [2.05, 4.69) is 0 Å². The van der Waals surface area contributed by atoms with Crippen LogP contribution in [0.2, 0.25) is 0 Å². The molecular formula is C22H21NO3. The van der Waals surface area contributed by atoms with E-state index >= 15 is 0 Å². The lowest BCUT2D eigenvalue weighted by Gasteiger charge is -2.07. The molecule has 4 nitrogen and oxygen atoms in total. The second kappa shape index (κ2) is 7.74. The third-order valence-electron chi connectivity index (χ3n) is 4.19. The lowest BCUT2D eigenvalue weighted by molar-refractivity contribution is 0.103. The average molecular weight is 347 g/mol. The van der Waals surface area contributed by atoms with Gasteiger partial charge in [-0.15, -0.1) is 0 Å². The summed E-state index contributed by atoms with van der Waals surface area (Å²) in [5.41, 5.74) is 3.32. The number of aromatic hydroxyl groups is 1. The largest absolute Gasteiger partial charge is 0.504 e. The number of benzene rings is 2. The summed E-state index contributed by atoms with van der Waals surface area (Å²) in [6.45, 7) is 2.56. The number of phenolic OH excluding ortho intramolecular Hbond substituents is 1. The molecule has 4 heteroatoms. The first-order chi connectivity index (χ1) is 12.6. The van der Waals surface area contributed by atoms with Crippen LogP contribution in [-0.2, 0) is 6.54 Å². The Morgan fingerprint density at radius 1 is 1.15 bits per heavy atom. The van der Waals surface area contributed by atoms with Crippen molar-refractivity contribution >= 4 is 11.9 Å². The maximum Gasteiger partial charge on any atom is 0.209 e. The molecule has 0 bridgehead atoms. The van der Waals surface area contributed by atoms with Gasteiger partial charge in [-0.05, 0) is 36.8 Å². The first kappa shape index (κ1) is 17.5. The smallest absolute Gasteiger partial charge is 0.209 e. The Hall–Kier alpha value is -3.27. The molecule has 0 saturated carbocycles. The van der Waals surface area contributed by atoms with Crippen LogP contribution in [0.3, 0.4) is 0 Å². The van der Waals surface area contributed by atoms with E-state index in [0.717, 1.165) is 11.1 Å². The molecule has 0 unspecified atom stereocenters. The molecule has 0 radical (unpaired) electrons. The van der Waals surface area contributed by atoms with Gasteiger partial charge in [-0.1, -0.05) is 48.0 Å². The third kappa shape index (κ3) is 3.86. The summed E-state index contributed by atoms with van der Waals surface area (Å²) in [5.74, 6) is 0.551. The maximum atomic E-state index is 12.7. The summed E-state index contributed by atoms with van der Waals surface area (Å²) >= 11 is 0. The molecule has 1 aromatic heterocycles.